The molecule has 1 aliphatic heterocycles. The van der Waals surface area contributed by atoms with E-state index in [9.17, 15) is 4.39 Å². The van der Waals surface area contributed by atoms with Gasteiger partial charge in [-0.1, -0.05) is 11.3 Å². The largest absolute Gasteiger partial charge is 0.356 e. The van der Waals surface area contributed by atoms with Gasteiger partial charge in [0.1, 0.15) is 17.3 Å². The molecule has 6 nitrogen and oxygen atoms in total. The van der Waals surface area contributed by atoms with Gasteiger partial charge < -0.3 is 10.6 Å². The van der Waals surface area contributed by atoms with Crippen LogP contribution in [0.25, 0.3) is 10.9 Å². The number of nitrogens with two attached hydrogens (primary N) is 1. The van der Waals surface area contributed by atoms with E-state index < -0.39 is 5.54 Å². The maximum atomic E-state index is 14.2. The fourth-order valence-corrected chi connectivity index (χ4v) is 3.87. The summed E-state index contributed by atoms with van der Waals surface area (Å²) in [6.45, 7) is 9.59. The Hall–Kier alpha value is -2.54. The van der Waals surface area contributed by atoms with Crippen molar-refractivity contribution in [3.8, 4) is 0 Å². The fourth-order valence-electron chi connectivity index (χ4n) is 3.87. The Morgan fingerprint density at radius 2 is 1.86 bits per heavy atom. The molecule has 7 heteroatoms. The molecule has 3 aromatic rings. The van der Waals surface area contributed by atoms with Gasteiger partial charge in [-0.25, -0.2) is 14.1 Å². The van der Waals surface area contributed by atoms with Gasteiger partial charge in [-0.2, -0.15) is 0 Å². The molecule has 0 amide bonds. The van der Waals surface area contributed by atoms with Gasteiger partial charge >= 0.3 is 0 Å². The van der Waals surface area contributed by atoms with Crippen LogP contribution in [-0.2, 0) is 5.54 Å². The number of benzene rings is 1. The standard InChI is InChI=1S/C21H27FN6/c1-13-5-6-17(22)16-11-14(2)20(24-19(13)16)27-9-7-15(8-10-27)28-12-18(25-26-28)21(3,4)23/h5-6,11-12,15H,7-10,23H2,1-4H3. The molecule has 1 fully saturated rings. The average molecular weight is 382 g/mol. The first-order valence-corrected chi connectivity index (χ1v) is 9.76. The Labute approximate surface area is 164 Å². The third-order valence-electron chi connectivity index (χ3n) is 5.61. The molecular formula is C21H27FN6. The summed E-state index contributed by atoms with van der Waals surface area (Å²) >= 11 is 0. The van der Waals surface area contributed by atoms with Crippen LogP contribution in [0.15, 0.2) is 24.4 Å². The predicted molar refractivity (Wildman–Crippen MR) is 109 cm³/mol. The summed E-state index contributed by atoms with van der Waals surface area (Å²) in [6, 6.07) is 5.52. The highest BCUT2D eigenvalue weighted by atomic mass is 19.1. The van der Waals surface area contributed by atoms with E-state index in [1.54, 1.807) is 6.07 Å². The highest BCUT2D eigenvalue weighted by Crippen LogP contribution is 2.31. The zero-order chi connectivity index (χ0) is 20.1. The number of aryl methyl sites for hydroxylation is 2. The molecule has 0 saturated carbocycles. The monoisotopic (exact) mass is 382 g/mol. The van der Waals surface area contributed by atoms with Crippen molar-refractivity contribution >= 4 is 16.7 Å². The summed E-state index contributed by atoms with van der Waals surface area (Å²) < 4.78 is 16.1. The zero-order valence-corrected chi connectivity index (χ0v) is 16.9. The molecule has 1 aliphatic rings. The van der Waals surface area contributed by atoms with Crippen LogP contribution < -0.4 is 10.6 Å². The number of hydrogen-bond donors (Lipinski definition) is 1. The lowest BCUT2D eigenvalue weighted by Crippen LogP contribution is -2.36. The van der Waals surface area contributed by atoms with Gasteiger partial charge in [-0.05, 0) is 63.8 Å². The predicted octanol–water partition coefficient (Wildman–Crippen LogP) is 3.62. The van der Waals surface area contributed by atoms with E-state index in [0.29, 0.717) is 11.4 Å². The number of hydrogen-bond acceptors (Lipinski definition) is 5. The number of halogens is 1. The van der Waals surface area contributed by atoms with E-state index in [1.807, 2.05) is 44.6 Å². The number of anilines is 1. The molecule has 148 valence electrons. The molecule has 3 heterocycles. The van der Waals surface area contributed by atoms with Crippen molar-refractivity contribution in [3.63, 3.8) is 0 Å². The molecule has 0 atom stereocenters. The van der Waals surface area contributed by atoms with Crippen LogP contribution in [0.3, 0.4) is 0 Å². The van der Waals surface area contributed by atoms with Gasteiger partial charge in [0, 0.05) is 18.5 Å². The number of nitrogens with zero attached hydrogens (tertiary/aromatic N) is 5. The smallest absolute Gasteiger partial charge is 0.132 e. The fraction of sp³-hybridized carbons (Fsp3) is 0.476. The SMILES string of the molecule is Cc1cc2c(F)ccc(C)c2nc1N1CCC(n2cc(C(C)(C)N)nn2)CC1. The van der Waals surface area contributed by atoms with Gasteiger partial charge in [-0.3, -0.25) is 0 Å². The summed E-state index contributed by atoms with van der Waals surface area (Å²) in [7, 11) is 0. The van der Waals surface area contributed by atoms with Crippen LogP contribution >= 0.6 is 0 Å². The van der Waals surface area contributed by atoms with Crippen LogP contribution in [0.2, 0.25) is 0 Å². The minimum absolute atomic E-state index is 0.216. The highest BCUT2D eigenvalue weighted by molar-refractivity contribution is 5.85. The minimum Gasteiger partial charge on any atom is -0.356 e. The Kier molecular flexibility index (Phi) is 4.57. The summed E-state index contributed by atoms with van der Waals surface area (Å²) in [5.74, 6) is 0.730. The van der Waals surface area contributed by atoms with Crippen molar-refractivity contribution in [2.75, 3.05) is 18.0 Å². The first kappa shape index (κ1) is 18.8. The lowest BCUT2D eigenvalue weighted by atomic mass is 10.0. The normalized spacial score (nSPS) is 16.1. The third kappa shape index (κ3) is 3.35. The van der Waals surface area contributed by atoms with Crippen molar-refractivity contribution in [1.29, 1.82) is 0 Å². The highest BCUT2D eigenvalue weighted by Gasteiger charge is 2.26. The Morgan fingerprint density at radius 1 is 1.14 bits per heavy atom. The van der Waals surface area contributed by atoms with E-state index in [2.05, 4.69) is 15.2 Å². The molecule has 4 rings (SSSR count). The lowest BCUT2D eigenvalue weighted by Gasteiger charge is -2.33. The van der Waals surface area contributed by atoms with Crippen LogP contribution in [0.5, 0.6) is 0 Å². The van der Waals surface area contributed by atoms with Gasteiger partial charge in [-0.15, -0.1) is 5.10 Å². The topological polar surface area (TPSA) is 72.9 Å². The molecule has 1 saturated heterocycles. The number of rotatable bonds is 3. The van der Waals surface area contributed by atoms with Gasteiger partial charge in [0.05, 0.1) is 23.3 Å². The van der Waals surface area contributed by atoms with Gasteiger partial charge in [0.2, 0.25) is 0 Å². The van der Waals surface area contributed by atoms with Crippen LogP contribution in [-0.4, -0.2) is 33.1 Å². The summed E-state index contributed by atoms with van der Waals surface area (Å²) in [5, 5.41) is 9.12. The molecular weight excluding hydrogens is 355 g/mol. The lowest BCUT2D eigenvalue weighted by molar-refractivity contribution is 0.359. The molecule has 0 unspecified atom stereocenters. The summed E-state index contributed by atoms with van der Waals surface area (Å²) in [4.78, 5) is 7.12. The second-order valence-electron chi connectivity index (χ2n) is 8.41. The first-order valence-electron chi connectivity index (χ1n) is 9.76. The maximum Gasteiger partial charge on any atom is 0.132 e. The molecule has 2 N–H and O–H groups in total. The van der Waals surface area contributed by atoms with Crippen molar-refractivity contribution in [1.82, 2.24) is 20.0 Å². The molecule has 2 aromatic heterocycles. The Morgan fingerprint density at radius 3 is 2.50 bits per heavy atom. The van der Waals surface area contributed by atoms with Gasteiger partial charge in [0.15, 0.2) is 0 Å². The van der Waals surface area contributed by atoms with E-state index in [1.165, 1.54) is 6.07 Å². The summed E-state index contributed by atoms with van der Waals surface area (Å²) in [5.41, 5.74) is 9.18. The minimum atomic E-state index is -0.488. The van der Waals surface area contributed by atoms with Crippen molar-refractivity contribution in [2.45, 2.75) is 52.1 Å². The number of fused-ring (bicyclic) bond motifs is 1. The first-order chi connectivity index (χ1) is 13.2. The molecule has 0 aliphatic carbocycles. The number of pyridine rings is 1. The molecule has 1 aromatic carbocycles. The van der Waals surface area contributed by atoms with E-state index in [0.717, 1.165) is 54.1 Å². The number of aromatic nitrogens is 4. The second kappa shape index (κ2) is 6.81. The Bertz CT molecular complexity index is 1010. The molecule has 0 bridgehead atoms. The zero-order valence-electron chi connectivity index (χ0n) is 16.9. The second-order valence-corrected chi connectivity index (χ2v) is 8.41. The van der Waals surface area contributed by atoms with E-state index in [-0.39, 0.29) is 5.82 Å². The summed E-state index contributed by atoms with van der Waals surface area (Å²) in [6.07, 6.45) is 3.87. The number of piperidine rings is 1. The third-order valence-corrected chi connectivity index (χ3v) is 5.61. The average Bonchev–Trinajstić information content (AvgIpc) is 3.15. The van der Waals surface area contributed by atoms with E-state index >= 15 is 0 Å². The molecule has 0 radical (unpaired) electrons. The molecule has 28 heavy (non-hydrogen) atoms. The van der Waals surface area contributed by atoms with Crippen molar-refractivity contribution < 1.29 is 4.39 Å². The van der Waals surface area contributed by atoms with E-state index in [4.69, 9.17) is 10.7 Å². The molecule has 0 spiro atoms. The quantitative estimate of drug-likeness (QED) is 0.749. The van der Waals surface area contributed by atoms with Crippen molar-refractivity contribution in [3.05, 3.63) is 47.0 Å². The van der Waals surface area contributed by atoms with Crippen LogP contribution in [0.4, 0.5) is 10.2 Å². The van der Waals surface area contributed by atoms with Crippen molar-refractivity contribution in [2.24, 2.45) is 5.73 Å². The van der Waals surface area contributed by atoms with Gasteiger partial charge in [0.25, 0.3) is 0 Å². The maximum absolute atomic E-state index is 14.2. The van der Waals surface area contributed by atoms with Crippen LogP contribution in [0.1, 0.15) is 49.6 Å². The van der Waals surface area contributed by atoms with Crippen LogP contribution in [0, 0.1) is 19.7 Å². The Balaban J connectivity index is 1.55.